The van der Waals surface area contributed by atoms with E-state index in [2.05, 4.69) is 32.7 Å². The molecule has 2 rings (SSSR count). The summed E-state index contributed by atoms with van der Waals surface area (Å²) in [6.45, 7) is 4.28. The largest absolute Gasteiger partial charge is 0.453 e. The molecule has 0 aliphatic rings. The van der Waals surface area contributed by atoms with Crippen LogP contribution in [-0.2, 0) is 6.54 Å². The standard InChI is InChI=1S/C14H18BrN3O/c1-2-18(10-11-5-3-4-8-17-11)12(9-16)13-6-7-14(15)19-13/h3-8,12H,2,9-10,16H2,1H3. The van der Waals surface area contributed by atoms with Gasteiger partial charge in [-0.05, 0) is 46.7 Å². The molecule has 5 heteroatoms. The maximum Gasteiger partial charge on any atom is 0.169 e. The molecular weight excluding hydrogens is 306 g/mol. The monoisotopic (exact) mass is 323 g/mol. The number of furan rings is 1. The second kappa shape index (κ2) is 6.84. The molecule has 0 spiro atoms. The van der Waals surface area contributed by atoms with E-state index in [9.17, 15) is 0 Å². The van der Waals surface area contributed by atoms with Crippen LogP contribution >= 0.6 is 15.9 Å². The van der Waals surface area contributed by atoms with Crippen LogP contribution in [0.5, 0.6) is 0 Å². The highest BCUT2D eigenvalue weighted by atomic mass is 79.9. The Labute approximate surface area is 121 Å². The Bertz CT molecular complexity index is 500. The van der Waals surface area contributed by atoms with E-state index in [-0.39, 0.29) is 6.04 Å². The van der Waals surface area contributed by atoms with Crippen molar-refractivity contribution in [3.8, 4) is 0 Å². The van der Waals surface area contributed by atoms with E-state index in [0.717, 1.165) is 29.2 Å². The Morgan fingerprint density at radius 2 is 2.21 bits per heavy atom. The Morgan fingerprint density at radius 3 is 2.74 bits per heavy atom. The third-order valence-corrected chi connectivity index (χ3v) is 3.51. The number of hydrogen-bond acceptors (Lipinski definition) is 4. The molecule has 4 nitrogen and oxygen atoms in total. The van der Waals surface area contributed by atoms with Crippen molar-refractivity contribution >= 4 is 15.9 Å². The first-order valence-corrected chi connectivity index (χ1v) is 7.13. The third-order valence-electron chi connectivity index (χ3n) is 3.08. The lowest BCUT2D eigenvalue weighted by Crippen LogP contribution is -2.33. The molecule has 0 bridgehead atoms. The smallest absolute Gasteiger partial charge is 0.169 e. The summed E-state index contributed by atoms with van der Waals surface area (Å²) in [5, 5.41) is 0. The van der Waals surface area contributed by atoms with Gasteiger partial charge in [-0.25, -0.2) is 0 Å². The van der Waals surface area contributed by atoms with Gasteiger partial charge in [0.2, 0.25) is 0 Å². The quantitative estimate of drug-likeness (QED) is 0.888. The van der Waals surface area contributed by atoms with Crippen LogP contribution in [0.15, 0.2) is 45.6 Å². The molecule has 2 heterocycles. The lowest BCUT2D eigenvalue weighted by atomic mass is 10.1. The fourth-order valence-electron chi connectivity index (χ4n) is 2.09. The first-order valence-electron chi connectivity index (χ1n) is 6.33. The normalized spacial score (nSPS) is 12.8. The molecule has 0 fully saturated rings. The SMILES string of the molecule is CCN(Cc1ccccn1)C(CN)c1ccc(Br)o1. The molecule has 1 atom stereocenters. The number of nitrogens with two attached hydrogens (primary N) is 1. The second-order valence-electron chi connectivity index (χ2n) is 4.28. The van der Waals surface area contributed by atoms with Gasteiger partial charge in [-0.15, -0.1) is 0 Å². The van der Waals surface area contributed by atoms with Crippen molar-refractivity contribution in [1.29, 1.82) is 0 Å². The van der Waals surface area contributed by atoms with Crippen molar-refractivity contribution in [1.82, 2.24) is 9.88 Å². The maximum atomic E-state index is 5.91. The van der Waals surface area contributed by atoms with Gasteiger partial charge >= 0.3 is 0 Å². The fraction of sp³-hybridized carbons (Fsp3) is 0.357. The molecule has 0 amide bonds. The first-order chi connectivity index (χ1) is 9.24. The summed E-state index contributed by atoms with van der Waals surface area (Å²) in [4.78, 5) is 6.62. The van der Waals surface area contributed by atoms with Gasteiger partial charge in [0.05, 0.1) is 11.7 Å². The van der Waals surface area contributed by atoms with Crippen molar-refractivity contribution in [3.63, 3.8) is 0 Å². The number of likely N-dealkylation sites (N-methyl/N-ethyl adjacent to an activating group) is 1. The molecule has 0 saturated carbocycles. The van der Waals surface area contributed by atoms with Crippen LogP contribution in [-0.4, -0.2) is 23.0 Å². The van der Waals surface area contributed by atoms with E-state index in [1.54, 1.807) is 0 Å². The third kappa shape index (κ3) is 3.65. The number of aromatic nitrogens is 1. The molecule has 2 aromatic heterocycles. The van der Waals surface area contributed by atoms with Crippen molar-refractivity contribution in [2.45, 2.75) is 19.5 Å². The van der Waals surface area contributed by atoms with E-state index in [1.807, 2.05) is 36.5 Å². The predicted molar refractivity (Wildman–Crippen MR) is 78.5 cm³/mol. The molecule has 2 N–H and O–H groups in total. The topological polar surface area (TPSA) is 55.3 Å². The zero-order valence-corrected chi connectivity index (χ0v) is 12.5. The van der Waals surface area contributed by atoms with Crippen LogP contribution in [0.4, 0.5) is 0 Å². The molecule has 0 aliphatic heterocycles. The lowest BCUT2D eigenvalue weighted by Gasteiger charge is -2.27. The van der Waals surface area contributed by atoms with Gasteiger partial charge in [-0.2, -0.15) is 0 Å². The average molecular weight is 324 g/mol. The molecule has 1 unspecified atom stereocenters. The van der Waals surface area contributed by atoms with E-state index in [4.69, 9.17) is 10.2 Å². The van der Waals surface area contributed by atoms with Crippen LogP contribution in [0, 0.1) is 0 Å². The summed E-state index contributed by atoms with van der Waals surface area (Å²) in [5.41, 5.74) is 6.94. The number of rotatable bonds is 6. The van der Waals surface area contributed by atoms with Gasteiger partial charge < -0.3 is 10.2 Å². The minimum Gasteiger partial charge on any atom is -0.453 e. The lowest BCUT2D eigenvalue weighted by molar-refractivity contribution is 0.177. The highest BCUT2D eigenvalue weighted by molar-refractivity contribution is 9.10. The van der Waals surface area contributed by atoms with Gasteiger partial charge in [0.1, 0.15) is 5.76 Å². The van der Waals surface area contributed by atoms with Crippen molar-refractivity contribution in [2.75, 3.05) is 13.1 Å². The zero-order valence-electron chi connectivity index (χ0n) is 10.9. The van der Waals surface area contributed by atoms with Crippen molar-refractivity contribution in [3.05, 3.63) is 52.7 Å². The summed E-state index contributed by atoms with van der Waals surface area (Å²) >= 11 is 3.33. The van der Waals surface area contributed by atoms with Gasteiger partial charge in [0.15, 0.2) is 4.67 Å². The summed E-state index contributed by atoms with van der Waals surface area (Å²) in [6.07, 6.45) is 1.81. The number of hydrogen-bond donors (Lipinski definition) is 1. The zero-order chi connectivity index (χ0) is 13.7. The highest BCUT2D eigenvalue weighted by Gasteiger charge is 2.21. The molecule has 2 aromatic rings. The molecule has 102 valence electrons. The summed E-state index contributed by atoms with van der Waals surface area (Å²) in [7, 11) is 0. The first kappa shape index (κ1) is 14.2. The Hall–Kier alpha value is -1.17. The van der Waals surface area contributed by atoms with Gasteiger partial charge in [-0.1, -0.05) is 13.0 Å². The van der Waals surface area contributed by atoms with Crippen molar-refractivity contribution in [2.24, 2.45) is 5.73 Å². The van der Waals surface area contributed by atoms with Crippen LogP contribution in [0.3, 0.4) is 0 Å². The summed E-state index contributed by atoms with van der Waals surface area (Å²) in [5.74, 6) is 0.882. The molecule has 19 heavy (non-hydrogen) atoms. The molecule has 0 aromatic carbocycles. The Balaban J connectivity index is 2.15. The number of halogens is 1. The van der Waals surface area contributed by atoms with Gasteiger partial charge in [-0.3, -0.25) is 9.88 Å². The number of pyridine rings is 1. The summed E-state index contributed by atoms with van der Waals surface area (Å²) < 4.78 is 6.36. The van der Waals surface area contributed by atoms with Crippen LogP contribution in [0.25, 0.3) is 0 Å². The molecule has 0 saturated heterocycles. The predicted octanol–water partition coefficient (Wildman–Crippen LogP) is 2.96. The van der Waals surface area contributed by atoms with Crippen LogP contribution in [0.1, 0.15) is 24.4 Å². The number of nitrogens with zero attached hydrogens (tertiary/aromatic N) is 2. The van der Waals surface area contributed by atoms with Crippen LogP contribution < -0.4 is 5.73 Å². The Morgan fingerprint density at radius 1 is 1.37 bits per heavy atom. The van der Waals surface area contributed by atoms with E-state index < -0.39 is 0 Å². The minimum absolute atomic E-state index is 0.0679. The van der Waals surface area contributed by atoms with Gasteiger partial charge in [0.25, 0.3) is 0 Å². The van der Waals surface area contributed by atoms with Crippen LogP contribution in [0.2, 0.25) is 0 Å². The van der Waals surface area contributed by atoms with E-state index in [0.29, 0.717) is 6.54 Å². The highest BCUT2D eigenvalue weighted by Crippen LogP contribution is 2.25. The molecular formula is C14H18BrN3O. The molecule has 0 aliphatic carbocycles. The minimum atomic E-state index is 0.0679. The fourth-order valence-corrected chi connectivity index (χ4v) is 2.41. The Kier molecular flexibility index (Phi) is 5.13. The van der Waals surface area contributed by atoms with E-state index >= 15 is 0 Å². The molecule has 0 radical (unpaired) electrons. The average Bonchev–Trinajstić information content (AvgIpc) is 2.86. The summed E-state index contributed by atoms with van der Waals surface area (Å²) in [6, 6.07) is 9.86. The maximum absolute atomic E-state index is 5.91. The second-order valence-corrected chi connectivity index (χ2v) is 5.06. The van der Waals surface area contributed by atoms with Crippen molar-refractivity contribution < 1.29 is 4.42 Å². The van der Waals surface area contributed by atoms with E-state index in [1.165, 1.54) is 0 Å². The van der Waals surface area contributed by atoms with Gasteiger partial charge in [0, 0.05) is 19.3 Å².